The number of carbonyl (C=O) groups is 1. The van der Waals surface area contributed by atoms with Gasteiger partial charge in [-0.25, -0.2) is 0 Å². The van der Waals surface area contributed by atoms with Crippen molar-refractivity contribution in [3.63, 3.8) is 0 Å². The topological polar surface area (TPSA) is 41.1 Å². The Labute approximate surface area is 126 Å². The van der Waals surface area contributed by atoms with Crippen molar-refractivity contribution in [1.82, 2.24) is 5.32 Å². The number of nitrogens with one attached hydrogen (secondary N) is 2. The number of hydrogen-bond donors (Lipinski definition) is 2. The highest BCUT2D eigenvalue weighted by Gasteiger charge is 2.07. The Bertz CT molecular complexity index is 579. The van der Waals surface area contributed by atoms with Crippen molar-refractivity contribution < 1.29 is 4.79 Å². The molecule has 0 spiro atoms. The minimum Gasteiger partial charge on any atom is -0.376 e. The van der Waals surface area contributed by atoms with E-state index in [1.807, 2.05) is 48.5 Å². The van der Waals surface area contributed by atoms with Crippen LogP contribution in [0.5, 0.6) is 0 Å². The molecule has 0 bridgehead atoms. The van der Waals surface area contributed by atoms with Gasteiger partial charge in [0.25, 0.3) is 0 Å². The molecular formula is C18H22N2O. The molecule has 2 N–H and O–H groups in total. The number of benzene rings is 2. The maximum absolute atomic E-state index is 11.9. The minimum atomic E-state index is -0.00240. The molecule has 110 valence electrons. The Balaban J connectivity index is 1.84. The summed E-state index contributed by atoms with van der Waals surface area (Å²) in [5.41, 5.74) is 3.36. The van der Waals surface area contributed by atoms with Crippen molar-refractivity contribution in [1.29, 1.82) is 0 Å². The fourth-order valence-electron chi connectivity index (χ4n) is 2.20. The molecule has 3 heteroatoms. The first-order chi connectivity index (χ1) is 10.2. The van der Waals surface area contributed by atoms with Crippen LogP contribution in [0.15, 0.2) is 54.6 Å². The Kier molecular flexibility index (Phi) is 5.38. The molecule has 21 heavy (non-hydrogen) atoms. The second kappa shape index (κ2) is 7.48. The van der Waals surface area contributed by atoms with Crippen molar-refractivity contribution >= 4 is 11.6 Å². The number of carbonyl (C=O) groups excluding carboxylic acids is 1. The molecule has 2 aromatic carbocycles. The van der Waals surface area contributed by atoms with E-state index in [1.54, 1.807) is 0 Å². The second-order valence-corrected chi connectivity index (χ2v) is 5.36. The first-order valence-electron chi connectivity index (χ1n) is 7.30. The third kappa shape index (κ3) is 4.63. The van der Waals surface area contributed by atoms with Gasteiger partial charge in [0.2, 0.25) is 5.91 Å². The zero-order valence-corrected chi connectivity index (χ0v) is 12.6. The highest BCUT2D eigenvalue weighted by Crippen LogP contribution is 2.23. The summed E-state index contributed by atoms with van der Waals surface area (Å²) in [5, 5.41) is 6.14. The molecule has 0 heterocycles. The standard InChI is InChI=1S/C18H22N2O/c1-14(2)16-10-6-7-11-17(16)19-13-18(21)20-12-15-8-4-3-5-9-15/h3-11,14,19H,12-13H2,1-2H3,(H,20,21). The molecule has 0 saturated heterocycles. The third-order valence-corrected chi connectivity index (χ3v) is 3.35. The normalized spacial score (nSPS) is 10.4. The number of hydrogen-bond acceptors (Lipinski definition) is 2. The lowest BCUT2D eigenvalue weighted by atomic mass is 10.0. The lowest BCUT2D eigenvalue weighted by Gasteiger charge is -2.14. The van der Waals surface area contributed by atoms with Crippen LogP contribution in [0, 0.1) is 0 Å². The van der Waals surface area contributed by atoms with E-state index in [4.69, 9.17) is 0 Å². The van der Waals surface area contributed by atoms with Gasteiger partial charge in [0.15, 0.2) is 0 Å². The van der Waals surface area contributed by atoms with Gasteiger partial charge in [-0.15, -0.1) is 0 Å². The number of para-hydroxylation sites is 1. The second-order valence-electron chi connectivity index (χ2n) is 5.36. The summed E-state index contributed by atoms with van der Waals surface area (Å²) in [6.07, 6.45) is 0. The van der Waals surface area contributed by atoms with E-state index in [0.717, 1.165) is 11.3 Å². The molecule has 0 aromatic heterocycles. The van der Waals surface area contributed by atoms with Gasteiger partial charge in [0, 0.05) is 12.2 Å². The number of rotatable bonds is 6. The van der Waals surface area contributed by atoms with Crippen molar-refractivity contribution in [2.75, 3.05) is 11.9 Å². The summed E-state index contributed by atoms with van der Waals surface area (Å²) in [5.74, 6) is 0.429. The highest BCUT2D eigenvalue weighted by atomic mass is 16.1. The smallest absolute Gasteiger partial charge is 0.239 e. The summed E-state index contributed by atoms with van der Waals surface area (Å²) in [4.78, 5) is 11.9. The van der Waals surface area contributed by atoms with Gasteiger partial charge in [-0.3, -0.25) is 4.79 Å². The van der Waals surface area contributed by atoms with Gasteiger partial charge in [0.05, 0.1) is 6.54 Å². The predicted octanol–water partition coefficient (Wildman–Crippen LogP) is 3.54. The molecule has 0 atom stereocenters. The Morgan fingerprint density at radius 3 is 2.38 bits per heavy atom. The minimum absolute atomic E-state index is 0.00240. The van der Waals surface area contributed by atoms with Crippen LogP contribution >= 0.6 is 0 Å². The molecule has 0 aliphatic rings. The van der Waals surface area contributed by atoms with Crippen molar-refractivity contribution in [2.24, 2.45) is 0 Å². The molecular weight excluding hydrogens is 260 g/mol. The molecule has 0 fully saturated rings. The first-order valence-corrected chi connectivity index (χ1v) is 7.30. The Morgan fingerprint density at radius 1 is 1.00 bits per heavy atom. The summed E-state index contributed by atoms with van der Waals surface area (Å²) in [6.45, 7) is 5.15. The van der Waals surface area contributed by atoms with Crippen LogP contribution in [0.1, 0.15) is 30.9 Å². The molecule has 0 aliphatic heterocycles. The predicted molar refractivity (Wildman–Crippen MR) is 87.3 cm³/mol. The Morgan fingerprint density at radius 2 is 1.67 bits per heavy atom. The summed E-state index contributed by atoms with van der Waals surface area (Å²) in [6, 6.07) is 18.0. The highest BCUT2D eigenvalue weighted by molar-refractivity contribution is 5.81. The van der Waals surface area contributed by atoms with Crippen molar-refractivity contribution in [3.8, 4) is 0 Å². The monoisotopic (exact) mass is 282 g/mol. The zero-order valence-electron chi connectivity index (χ0n) is 12.6. The molecule has 0 unspecified atom stereocenters. The molecule has 0 saturated carbocycles. The van der Waals surface area contributed by atoms with Crippen LogP contribution in [-0.4, -0.2) is 12.5 Å². The summed E-state index contributed by atoms with van der Waals surface area (Å²) < 4.78 is 0. The van der Waals surface area contributed by atoms with Crippen LogP contribution < -0.4 is 10.6 Å². The van der Waals surface area contributed by atoms with E-state index in [9.17, 15) is 4.79 Å². The third-order valence-electron chi connectivity index (χ3n) is 3.35. The maximum atomic E-state index is 11.9. The number of anilines is 1. The number of amides is 1. The van der Waals surface area contributed by atoms with Crippen LogP contribution in [0.2, 0.25) is 0 Å². The molecule has 0 aliphatic carbocycles. The zero-order chi connectivity index (χ0) is 15.1. The largest absolute Gasteiger partial charge is 0.376 e. The van der Waals surface area contributed by atoms with E-state index >= 15 is 0 Å². The average molecular weight is 282 g/mol. The lowest BCUT2D eigenvalue weighted by Crippen LogP contribution is -2.29. The molecule has 0 radical (unpaired) electrons. The molecule has 2 aromatic rings. The van der Waals surface area contributed by atoms with Crippen LogP contribution in [0.4, 0.5) is 5.69 Å². The van der Waals surface area contributed by atoms with E-state index < -0.39 is 0 Å². The van der Waals surface area contributed by atoms with Gasteiger partial charge < -0.3 is 10.6 Å². The van der Waals surface area contributed by atoms with Gasteiger partial charge in [-0.1, -0.05) is 62.4 Å². The van der Waals surface area contributed by atoms with Crippen molar-refractivity contribution in [2.45, 2.75) is 26.3 Å². The van der Waals surface area contributed by atoms with Crippen LogP contribution in [0.3, 0.4) is 0 Å². The SMILES string of the molecule is CC(C)c1ccccc1NCC(=O)NCc1ccccc1. The van der Waals surface area contributed by atoms with E-state index in [0.29, 0.717) is 12.5 Å². The van der Waals surface area contributed by atoms with Crippen LogP contribution in [-0.2, 0) is 11.3 Å². The quantitative estimate of drug-likeness (QED) is 0.851. The van der Waals surface area contributed by atoms with Gasteiger partial charge in [-0.05, 0) is 23.1 Å². The van der Waals surface area contributed by atoms with Crippen LogP contribution in [0.25, 0.3) is 0 Å². The summed E-state index contributed by atoms with van der Waals surface area (Å²) >= 11 is 0. The van der Waals surface area contributed by atoms with Gasteiger partial charge in [-0.2, -0.15) is 0 Å². The molecule has 3 nitrogen and oxygen atoms in total. The fourth-order valence-corrected chi connectivity index (χ4v) is 2.20. The molecule has 1 amide bonds. The fraction of sp³-hybridized carbons (Fsp3) is 0.278. The van der Waals surface area contributed by atoms with Gasteiger partial charge >= 0.3 is 0 Å². The molecule has 2 rings (SSSR count). The Hall–Kier alpha value is -2.29. The average Bonchev–Trinajstić information content (AvgIpc) is 2.52. The van der Waals surface area contributed by atoms with Crippen molar-refractivity contribution in [3.05, 3.63) is 65.7 Å². The maximum Gasteiger partial charge on any atom is 0.239 e. The first kappa shape index (κ1) is 15.1. The van der Waals surface area contributed by atoms with E-state index in [-0.39, 0.29) is 12.5 Å². The van der Waals surface area contributed by atoms with E-state index in [2.05, 4.69) is 30.5 Å². The van der Waals surface area contributed by atoms with E-state index in [1.165, 1.54) is 5.56 Å². The lowest BCUT2D eigenvalue weighted by molar-refractivity contribution is -0.119. The van der Waals surface area contributed by atoms with Gasteiger partial charge in [0.1, 0.15) is 0 Å². The summed E-state index contributed by atoms with van der Waals surface area (Å²) in [7, 11) is 0.